The van der Waals surface area contributed by atoms with Crippen LogP contribution < -0.4 is 0 Å². The Labute approximate surface area is 114 Å². The number of hydrogen-bond donors (Lipinski definition) is 1. The van der Waals surface area contributed by atoms with Gasteiger partial charge in [-0.3, -0.25) is 9.58 Å². The maximum absolute atomic E-state index is 8.94. The Kier molecular flexibility index (Phi) is 4.65. The van der Waals surface area contributed by atoms with Gasteiger partial charge in [0.05, 0.1) is 5.69 Å². The monoisotopic (exact) mass is 271 g/mol. The van der Waals surface area contributed by atoms with E-state index in [2.05, 4.69) is 10.00 Å². The van der Waals surface area contributed by atoms with Crippen molar-refractivity contribution in [2.45, 2.75) is 45.2 Å². The first kappa shape index (κ1) is 13.8. The summed E-state index contributed by atoms with van der Waals surface area (Å²) in [6, 6.07) is 0.591. The van der Waals surface area contributed by atoms with E-state index in [9.17, 15) is 0 Å². The van der Waals surface area contributed by atoms with Crippen LogP contribution in [0, 0.1) is 6.92 Å². The van der Waals surface area contributed by atoms with Crippen molar-refractivity contribution in [1.82, 2.24) is 14.7 Å². The van der Waals surface area contributed by atoms with E-state index < -0.39 is 0 Å². The van der Waals surface area contributed by atoms with E-state index in [4.69, 9.17) is 16.7 Å². The average molecular weight is 272 g/mol. The molecule has 1 unspecified atom stereocenters. The highest BCUT2D eigenvalue weighted by Gasteiger charge is 2.26. The van der Waals surface area contributed by atoms with Crippen LogP contribution in [0.5, 0.6) is 0 Å². The fraction of sp³-hybridized carbons (Fsp3) is 0.769. The molecule has 2 rings (SSSR count). The van der Waals surface area contributed by atoms with E-state index in [1.165, 1.54) is 12.8 Å². The van der Waals surface area contributed by atoms with Gasteiger partial charge in [-0.05, 0) is 39.2 Å². The van der Waals surface area contributed by atoms with E-state index in [0.29, 0.717) is 6.04 Å². The zero-order chi connectivity index (χ0) is 13.1. The molecule has 5 heteroatoms. The number of halogens is 1. The predicted octanol–water partition coefficient (Wildman–Crippen LogP) is 2.12. The van der Waals surface area contributed by atoms with Gasteiger partial charge in [-0.1, -0.05) is 11.6 Å². The van der Waals surface area contributed by atoms with Gasteiger partial charge in [0.25, 0.3) is 0 Å². The maximum Gasteiger partial charge on any atom is 0.131 e. The smallest absolute Gasteiger partial charge is 0.131 e. The highest BCUT2D eigenvalue weighted by atomic mass is 35.5. The summed E-state index contributed by atoms with van der Waals surface area (Å²) in [5, 5.41) is 14.0. The molecule has 0 radical (unpaired) electrons. The molecule has 1 saturated heterocycles. The first-order valence-corrected chi connectivity index (χ1v) is 7.04. The topological polar surface area (TPSA) is 41.3 Å². The standard InChI is InChI=1S/C13H22ClN3O/c1-10-12(13(14)16(2)15-10)9-17-7-3-5-11(17)6-4-8-18/h11,18H,3-9H2,1-2H3. The summed E-state index contributed by atoms with van der Waals surface area (Å²) in [6.45, 7) is 4.31. The molecule has 0 amide bonds. The molecule has 2 heterocycles. The number of aromatic nitrogens is 2. The minimum atomic E-state index is 0.289. The lowest BCUT2D eigenvalue weighted by Gasteiger charge is -2.24. The third-order valence-electron chi connectivity index (χ3n) is 3.83. The predicted molar refractivity (Wildman–Crippen MR) is 72.7 cm³/mol. The van der Waals surface area contributed by atoms with Crippen molar-refractivity contribution >= 4 is 11.6 Å². The van der Waals surface area contributed by atoms with Gasteiger partial charge in [0.15, 0.2) is 0 Å². The fourth-order valence-electron chi connectivity index (χ4n) is 2.81. The van der Waals surface area contributed by atoms with E-state index >= 15 is 0 Å². The van der Waals surface area contributed by atoms with Gasteiger partial charge < -0.3 is 5.11 Å². The molecule has 102 valence electrons. The molecule has 1 aliphatic heterocycles. The van der Waals surface area contributed by atoms with Gasteiger partial charge in [0, 0.05) is 31.8 Å². The molecule has 0 aromatic carbocycles. The van der Waals surface area contributed by atoms with E-state index in [-0.39, 0.29) is 6.61 Å². The van der Waals surface area contributed by atoms with Crippen LogP contribution in [0.1, 0.15) is 36.9 Å². The van der Waals surface area contributed by atoms with Crippen molar-refractivity contribution in [3.8, 4) is 0 Å². The molecule has 4 nitrogen and oxygen atoms in total. The molecule has 1 N–H and O–H groups in total. The second-order valence-electron chi connectivity index (χ2n) is 5.11. The third kappa shape index (κ3) is 2.87. The second-order valence-corrected chi connectivity index (χ2v) is 5.47. The Morgan fingerprint density at radius 1 is 1.50 bits per heavy atom. The molecule has 0 saturated carbocycles. The Morgan fingerprint density at radius 2 is 2.28 bits per heavy atom. The van der Waals surface area contributed by atoms with Crippen molar-refractivity contribution in [3.63, 3.8) is 0 Å². The SMILES string of the molecule is Cc1nn(C)c(Cl)c1CN1CCCC1CCCO. The highest BCUT2D eigenvalue weighted by molar-refractivity contribution is 6.30. The van der Waals surface area contributed by atoms with E-state index in [1.807, 2.05) is 14.0 Å². The average Bonchev–Trinajstić information content (AvgIpc) is 2.87. The molecule has 0 spiro atoms. The number of aliphatic hydroxyl groups is 1. The molecule has 18 heavy (non-hydrogen) atoms. The van der Waals surface area contributed by atoms with Crippen molar-refractivity contribution in [2.24, 2.45) is 7.05 Å². The Hall–Kier alpha value is -0.580. The van der Waals surface area contributed by atoms with Crippen LogP contribution in [0.25, 0.3) is 0 Å². The molecule has 0 aliphatic carbocycles. The molecule has 1 aliphatic rings. The minimum absolute atomic E-state index is 0.289. The maximum atomic E-state index is 8.94. The first-order chi connectivity index (χ1) is 8.63. The lowest BCUT2D eigenvalue weighted by Crippen LogP contribution is -2.29. The number of aryl methyl sites for hydroxylation is 2. The van der Waals surface area contributed by atoms with Crippen LogP contribution in [-0.2, 0) is 13.6 Å². The Bertz CT molecular complexity index is 405. The Morgan fingerprint density at radius 3 is 2.89 bits per heavy atom. The van der Waals surface area contributed by atoms with Crippen molar-refractivity contribution < 1.29 is 5.11 Å². The zero-order valence-corrected chi connectivity index (χ0v) is 11.9. The molecule has 1 aromatic heterocycles. The van der Waals surface area contributed by atoms with Gasteiger partial charge in [-0.2, -0.15) is 5.10 Å². The molecule has 1 fully saturated rings. The number of aliphatic hydroxyl groups excluding tert-OH is 1. The molecular formula is C13H22ClN3O. The summed E-state index contributed by atoms with van der Waals surface area (Å²) in [6.07, 6.45) is 4.44. The highest BCUT2D eigenvalue weighted by Crippen LogP contribution is 2.27. The number of likely N-dealkylation sites (tertiary alicyclic amines) is 1. The van der Waals surface area contributed by atoms with E-state index in [0.717, 1.165) is 42.3 Å². The van der Waals surface area contributed by atoms with E-state index in [1.54, 1.807) is 4.68 Å². The summed E-state index contributed by atoms with van der Waals surface area (Å²) in [4.78, 5) is 2.48. The first-order valence-electron chi connectivity index (χ1n) is 6.66. The van der Waals surface area contributed by atoms with Gasteiger partial charge in [0.1, 0.15) is 5.15 Å². The molecular weight excluding hydrogens is 250 g/mol. The summed E-state index contributed by atoms with van der Waals surface area (Å²) < 4.78 is 1.74. The largest absolute Gasteiger partial charge is 0.396 e. The number of nitrogens with zero attached hydrogens (tertiary/aromatic N) is 3. The van der Waals surface area contributed by atoms with Gasteiger partial charge >= 0.3 is 0 Å². The summed E-state index contributed by atoms with van der Waals surface area (Å²) in [5.74, 6) is 0. The van der Waals surface area contributed by atoms with Crippen molar-refractivity contribution in [3.05, 3.63) is 16.4 Å². The van der Waals surface area contributed by atoms with Crippen LogP contribution in [0.4, 0.5) is 0 Å². The zero-order valence-electron chi connectivity index (χ0n) is 11.2. The van der Waals surface area contributed by atoms with Gasteiger partial charge in [-0.25, -0.2) is 0 Å². The van der Waals surface area contributed by atoms with Gasteiger partial charge in [-0.15, -0.1) is 0 Å². The van der Waals surface area contributed by atoms with Crippen LogP contribution in [0.2, 0.25) is 5.15 Å². The number of rotatable bonds is 5. The summed E-state index contributed by atoms with van der Waals surface area (Å²) >= 11 is 6.28. The van der Waals surface area contributed by atoms with Crippen LogP contribution >= 0.6 is 11.6 Å². The molecule has 1 aromatic rings. The Balaban J connectivity index is 2.03. The summed E-state index contributed by atoms with van der Waals surface area (Å²) in [7, 11) is 1.88. The normalized spacial score (nSPS) is 20.8. The second kappa shape index (κ2) is 6.04. The number of hydrogen-bond acceptors (Lipinski definition) is 3. The van der Waals surface area contributed by atoms with Crippen molar-refractivity contribution in [1.29, 1.82) is 0 Å². The van der Waals surface area contributed by atoms with Crippen molar-refractivity contribution in [2.75, 3.05) is 13.2 Å². The lowest BCUT2D eigenvalue weighted by molar-refractivity contribution is 0.210. The van der Waals surface area contributed by atoms with Gasteiger partial charge in [0.2, 0.25) is 0 Å². The molecule has 1 atom stereocenters. The summed E-state index contributed by atoms with van der Waals surface area (Å²) in [5.41, 5.74) is 2.17. The van der Waals surface area contributed by atoms with Crippen LogP contribution in [-0.4, -0.2) is 39.0 Å². The fourth-order valence-corrected chi connectivity index (χ4v) is 3.05. The van der Waals surface area contributed by atoms with Crippen LogP contribution in [0.15, 0.2) is 0 Å². The quantitative estimate of drug-likeness (QED) is 0.892. The molecule has 0 bridgehead atoms. The van der Waals surface area contributed by atoms with Crippen LogP contribution in [0.3, 0.4) is 0 Å². The lowest BCUT2D eigenvalue weighted by atomic mass is 10.1. The third-order valence-corrected chi connectivity index (χ3v) is 4.30. The minimum Gasteiger partial charge on any atom is -0.396 e.